The second kappa shape index (κ2) is 8.79. The molecule has 0 atom stereocenters. The number of para-hydroxylation sites is 1. The number of azo groups is 1. The first-order chi connectivity index (χ1) is 13.5. The first-order valence-corrected chi connectivity index (χ1v) is 8.53. The van der Waals surface area contributed by atoms with Gasteiger partial charge in [0, 0.05) is 5.56 Å². The van der Waals surface area contributed by atoms with E-state index < -0.39 is 5.91 Å². The highest BCUT2D eigenvalue weighted by molar-refractivity contribution is 6.32. The van der Waals surface area contributed by atoms with Crippen LogP contribution in [0.4, 0.5) is 11.4 Å². The van der Waals surface area contributed by atoms with Crippen LogP contribution in [0.5, 0.6) is 11.5 Å². The second-order valence-corrected chi connectivity index (χ2v) is 6.02. The van der Waals surface area contributed by atoms with E-state index in [1.54, 1.807) is 48.5 Å². The first-order valence-electron chi connectivity index (χ1n) is 8.15. The van der Waals surface area contributed by atoms with Gasteiger partial charge in [-0.1, -0.05) is 35.9 Å². The summed E-state index contributed by atoms with van der Waals surface area (Å²) in [4.78, 5) is 12.0. The van der Waals surface area contributed by atoms with Gasteiger partial charge in [-0.2, -0.15) is 10.2 Å². The molecule has 0 unspecified atom stereocenters. The number of halogens is 1. The van der Waals surface area contributed by atoms with Crippen LogP contribution in [-0.4, -0.2) is 22.3 Å². The molecule has 0 aliphatic rings. The Bertz CT molecular complexity index is 1070. The van der Waals surface area contributed by atoms with E-state index >= 15 is 0 Å². The average Bonchev–Trinajstić information content (AvgIpc) is 2.69. The van der Waals surface area contributed by atoms with E-state index in [1.807, 2.05) is 0 Å². The highest BCUT2D eigenvalue weighted by atomic mass is 35.5. The standard InChI is InChI=1S/C20H15ClN4O3/c21-16-6-2-3-7-17(16)24-23-14-9-10-18(26)13(11-14)12-22-25-20(28)15-5-1-4-8-19(15)27/h1-12,26-27H,(H,25,28)/b22-12+,24-23?. The molecule has 0 aliphatic carbocycles. The van der Waals surface area contributed by atoms with Gasteiger partial charge in [-0.3, -0.25) is 4.79 Å². The first kappa shape index (κ1) is 19.1. The van der Waals surface area contributed by atoms with Crippen molar-refractivity contribution in [2.75, 3.05) is 0 Å². The van der Waals surface area contributed by atoms with Crippen LogP contribution < -0.4 is 5.43 Å². The average molecular weight is 395 g/mol. The Kier molecular flexibility index (Phi) is 5.98. The number of hydrogen-bond acceptors (Lipinski definition) is 6. The van der Waals surface area contributed by atoms with Crippen molar-refractivity contribution < 1.29 is 15.0 Å². The number of benzene rings is 3. The number of hydrogen-bond donors (Lipinski definition) is 3. The van der Waals surface area contributed by atoms with Gasteiger partial charge in [0.15, 0.2) is 0 Å². The summed E-state index contributed by atoms with van der Waals surface area (Å²) in [7, 11) is 0. The molecule has 3 aromatic carbocycles. The number of hydrazone groups is 1. The number of carbonyl (C=O) groups is 1. The lowest BCUT2D eigenvalue weighted by Gasteiger charge is -2.03. The normalized spacial score (nSPS) is 11.2. The monoisotopic (exact) mass is 394 g/mol. The molecule has 3 aromatic rings. The molecule has 7 nitrogen and oxygen atoms in total. The highest BCUT2D eigenvalue weighted by Gasteiger charge is 2.09. The lowest BCUT2D eigenvalue weighted by Crippen LogP contribution is -2.17. The maximum absolute atomic E-state index is 12.0. The Morgan fingerprint density at radius 3 is 2.46 bits per heavy atom. The molecule has 8 heteroatoms. The van der Waals surface area contributed by atoms with Gasteiger partial charge in [-0.05, 0) is 42.5 Å². The topological polar surface area (TPSA) is 107 Å². The zero-order chi connectivity index (χ0) is 19.9. The van der Waals surface area contributed by atoms with Crippen molar-refractivity contribution in [2.24, 2.45) is 15.3 Å². The minimum absolute atomic E-state index is 0.0442. The van der Waals surface area contributed by atoms with Gasteiger partial charge in [-0.15, -0.1) is 5.11 Å². The summed E-state index contributed by atoms with van der Waals surface area (Å²) in [5.41, 5.74) is 3.68. The summed E-state index contributed by atoms with van der Waals surface area (Å²) in [6.45, 7) is 0. The van der Waals surface area contributed by atoms with Crippen LogP contribution in [0.3, 0.4) is 0 Å². The third-order valence-electron chi connectivity index (χ3n) is 3.66. The molecule has 140 valence electrons. The summed E-state index contributed by atoms with van der Waals surface area (Å²) < 4.78 is 0. The quantitative estimate of drug-likeness (QED) is 0.324. The number of amides is 1. The molecule has 0 saturated heterocycles. The largest absolute Gasteiger partial charge is 0.507 e. The maximum atomic E-state index is 12.0. The summed E-state index contributed by atoms with van der Waals surface area (Å²) in [6.07, 6.45) is 1.27. The van der Waals surface area contributed by atoms with Gasteiger partial charge in [-0.25, -0.2) is 5.43 Å². The Balaban J connectivity index is 1.73. The molecular weight excluding hydrogens is 380 g/mol. The fraction of sp³-hybridized carbons (Fsp3) is 0. The zero-order valence-electron chi connectivity index (χ0n) is 14.5. The number of phenolic OH excluding ortho intramolecular Hbond substituents is 2. The van der Waals surface area contributed by atoms with E-state index in [-0.39, 0.29) is 17.1 Å². The zero-order valence-corrected chi connectivity index (χ0v) is 15.2. The van der Waals surface area contributed by atoms with E-state index in [9.17, 15) is 15.0 Å². The predicted molar refractivity (Wildman–Crippen MR) is 107 cm³/mol. The lowest BCUT2D eigenvalue weighted by atomic mass is 10.2. The number of carbonyl (C=O) groups excluding carboxylic acids is 1. The lowest BCUT2D eigenvalue weighted by molar-refractivity contribution is 0.0952. The molecule has 0 heterocycles. The minimum atomic E-state index is -0.580. The maximum Gasteiger partial charge on any atom is 0.275 e. The van der Waals surface area contributed by atoms with E-state index in [4.69, 9.17) is 11.6 Å². The van der Waals surface area contributed by atoms with Crippen LogP contribution in [-0.2, 0) is 0 Å². The van der Waals surface area contributed by atoms with Crippen molar-refractivity contribution >= 4 is 35.1 Å². The SMILES string of the molecule is O=C(N/N=C/c1cc(N=Nc2ccccc2Cl)ccc1O)c1ccccc1O. The van der Waals surface area contributed by atoms with Crippen LogP contribution in [0.1, 0.15) is 15.9 Å². The van der Waals surface area contributed by atoms with Crippen molar-refractivity contribution in [1.82, 2.24) is 5.43 Å². The van der Waals surface area contributed by atoms with Crippen LogP contribution in [0.25, 0.3) is 0 Å². The van der Waals surface area contributed by atoms with Crippen LogP contribution >= 0.6 is 11.6 Å². The third kappa shape index (κ3) is 4.72. The Labute approximate surface area is 165 Å². The van der Waals surface area contributed by atoms with Gasteiger partial charge in [0.1, 0.15) is 17.2 Å². The number of phenols is 2. The van der Waals surface area contributed by atoms with E-state index in [1.165, 1.54) is 24.4 Å². The third-order valence-corrected chi connectivity index (χ3v) is 3.97. The van der Waals surface area contributed by atoms with Gasteiger partial charge in [0.2, 0.25) is 0 Å². The molecule has 3 N–H and O–H groups in total. The Hall–Kier alpha value is -3.71. The fourth-order valence-corrected chi connectivity index (χ4v) is 2.41. The Morgan fingerprint density at radius 1 is 0.929 bits per heavy atom. The smallest absolute Gasteiger partial charge is 0.275 e. The van der Waals surface area contributed by atoms with Crippen molar-refractivity contribution in [3.8, 4) is 11.5 Å². The van der Waals surface area contributed by atoms with Crippen molar-refractivity contribution in [1.29, 1.82) is 0 Å². The van der Waals surface area contributed by atoms with E-state index in [0.29, 0.717) is 22.0 Å². The van der Waals surface area contributed by atoms with Gasteiger partial charge >= 0.3 is 0 Å². The summed E-state index contributed by atoms with van der Waals surface area (Å²) in [6, 6.07) is 17.7. The number of nitrogens with zero attached hydrogens (tertiary/aromatic N) is 3. The molecule has 0 radical (unpaired) electrons. The molecule has 0 bridgehead atoms. The molecule has 0 saturated carbocycles. The molecule has 0 fully saturated rings. The van der Waals surface area contributed by atoms with Crippen molar-refractivity contribution in [3.05, 3.63) is 82.9 Å². The summed E-state index contributed by atoms with van der Waals surface area (Å²) in [5.74, 6) is -0.777. The van der Waals surface area contributed by atoms with Crippen LogP contribution in [0.15, 0.2) is 82.1 Å². The minimum Gasteiger partial charge on any atom is -0.507 e. The van der Waals surface area contributed by atoms with Gasteiger partial charge in [0.25, 0.3) is 5.91 Å². The summed E-state index contributed by atoms with van der Waals surface area (Å²) in [5, 5.41) is 32.1. The molecular formula is C20H15ClN4O3. The van der Waals surface area contributed by atoms with Gasteiger partial charge < -0.3 is 10.2 Å². The van der Waals surface area contributed by atoms with Crippen molar-refractivity contribution in [2.45, 2.75) is 0 Å². The second-order valence-electron chi connectivity index (χ2n) is 5.61. The number of rotatable bonds is 5. The van der Waals surface area contributed by atoms with Crippen molar-refractivity contribution in [3.63, 3.8) is 0 Å². The van der Waals surface area contributed by atoms with Crippen LogP contribution in [0.2, 0.25) is 5.02 Å². The Morgan fingerprint density at radius 2 is 1.68 bits per heavy atom. The molecule has 0 aliphatic heterocycles. The number of aromatic hydroxyl groups is 2. The molecule has 1 amide bonds. The predicted octanol–water partition coefficient (Wildman–Crippen LogP) is 4.93. The summed E-state index contributed by atoms with van der Waals surface area (Å²) >= 11 is 6.03. The molecule has 3 rings (SSSR count). The van der Waals surface area contributed by atoms with Gasteiger partial charge in [0.05, 0.1) is 22.5 Å². The molecule has 0 spiro atoms. The fourth-order valence-electron chi connectivity index (χ4n) is 2.24. The molecule has 28 heavy (non-hydrogen) atoms. The number of nitrogens with one attached hydrogen (secondary N) is 1. The highest BCUT2D eigenvalue weighted by Crippen LogP contribution is 2.27. The molecule has 0 aromatic heterocycles. The van der Waals surface area contributed by atoms with Crippen LogP contribution in [0, 0.1) is 0 Å². The van der Waals surface area contributed by atoms with E-state index in [2.05, 4.69) is 20.8 Å². The van der Waals surface area contributed by atoms with E-state index in [0.717, 1.165) is 0 Å².